The number of carboxylic acid groups (broad SMARTS) is 1. The standard InChI is InChI=1S/C14H17ClN2O4/c1-14(5-2-6-21-8-14)17-13(20)16-9-3-4-10(12(18)19)11(15)7-9/h3-4,7H,2,5-6,8H2,1H3,(H,18,19)(H2,16,17,20). The Morgan fingerprint density at radius 2 is 2.19 bits per heavy atom. The van der Waals surface area contributed by atoms with Crippen LogP contribution in [0.2, 0.25) is 5.02 Å². The number of anilines is 1. The van der Waals surface area contributed by atoms with Gasteiger partial charge in [0.15, 0.2) is 0 Å². The minimum absolute atomic E-state index is 0.00438. The molecule has 6 nitrogen and oxygen atoms in total. The van der Waals surface area contributed by atoms with E-state index in [0.717, 1.165) is 12.8 Å². The van der Waals surface area contributed by atoms with Gasteiger partial charge in [-0.15, -0.1) is 0 Å². The molecule has 3 N–H and O–H groups in total. The lowest BCUT2D eigenvalue weighted by atomic mass is 9.95. The van der Waals surface area contributed by atoms with Crippen molar-refractivity contribution in [1.29, 1.82) is 0 Å². The number of carboxylic acids is 1. The van der Waals surface area contributed by atoms with Gasteiger partial charge in [-0.2, -0.15) is 0 Å². The number of benzene rings is 1. The number of urea groups is 1. The minimum Gasteiger partial charge on any atom is -0.478 e. The van der Waals surface area contributed by atoms with Crippen LogP contribution in [-0.4, -0.2) is 35.9 Å². The monoisotopic (exact) mass is 312 g/mol. The summed E-state index contributed by atoms with van der Waals surface area (Å²) in [4.78, 5) is 22.8. The van der Waals surface area contributed by atoms with Crippen LogP contribution < -0.4 is 10.6 Å². The van der Waals surface area contributed by atoms with Crippen molar-refractivity contribution in [3.63, 3.8) is 0 Å². The van der Waals surface area contributed by atoms with Crippen LogP contribution in [0.15, 0.2) is 18.2 Å². The number of carbonyl (C=O) groups excluding carboxylic acids is 1. The normalized spacial score (nSPS) is 21.6. The summed E-state index contributed by atoms with van der Waals surface area (Å²) in [5, 5.41) is 14.5. The molecular formula is C14H17ClN2O4. The van der Waals surface area contributed by atoms with E-state index in [-0.39, 0.29) is 16.6 Å². The second-order valence-corrected chi connectivity index (χ2v) is 5.70. The highest BCUT2D eigenvalue weighted by Crippen LogP contribution is 2.22. The molecule has 1 aromatic carbocycles. The van der Waals surface area contributed by atoms with E-state index in [0.29, 0.717) is 18.9 Å². The number of ether oxygens (including phenoxy) is 1. The molecule has 2 rings (SSSR count). The second-order valence-electron chi connectivity index (χ2n) is 5.30. The summed E-state index contributed by atoms with van der Waals surface area (Å²) in [6.07, 6.45) is 1.75. The molecule has 0 bridgehead atoms. The Balaban J connectivity index is 1.99. The Labute approximate surface area is 127 Å². The van der Waals surface area contributed by atoms with Gasteiger partial charge in [0.05, 0.1) is 22.7 Å². The fraction of sp³-hybridized carbons (Fsp3) is 0.429. The summed E-state index contributed by atoms with van der Waals surface area (Å²) < 4.78 is 5.37. The molecule has 1 fully saturated rings. The van der Waals surface area contributed by atoms with Gasteiger partial charge < -0.3 is 20.5 Å². The third kappa shape index (κ3) is 4.09. The average molecular weight is 313 g/mol. The first kappa shape index (κ1) is 15.6. The van der Waals surface area contributed by atoms with Gasteiger partial charge in [0.2, 0.25) is 0 Å². The van der Waals surface area contributed by atoms with Crippen LogP contribution in [0.3, 0.4) is 0 Å². The highest BCUT2D eigenvalue weighted by atomic mass is 35.5. The molecule has 1 unspecified atom stereocenters. The molecule has 0 radical (unpaired) electrons. The molecule has 0 aliphatic carbocycles. The Hall–Kier alpha value is -1.79. The van der Waals surface area contributed by atoms with Crippen molar-refractivity contribution in [3.8, 4) is 0 Å². The molecular weight excluding hydrogens is 296 g/mol. The van der Waals surface area contributed by atoms with Crippen molar-refractivity contribution in [2.75, 3.05) is 18.5 Å². The minimum atomic E-state index is -1.11. The molecule has 0 aromatic heterocycles. The smallest absolute Gasteiger partial charge is 0.337 e. The molecule has 21 heavy (non-hydrogen) atoms. The topological polar surface area (TPSA) is 87.7 Å². The van der Waals surface area contributed by atoms with E-state index in [1.54, 1.807) is 0 Å². The molecule has 2 amide bonds. The van der Waals surface area contributed by atoms with Crippen molar-refractivity contribution >= 4 is 29.3 Å². The lowest BCUT2D eigenvalue weighted by molar-refractivity contribution is 0.0342. The first-order chi connectivity index (χ1) is 9.89. The maximum atomic E-state index is 12.0. The average Bonchev–Trinajstić information content (AvgIpc) is 2.38. The molecule has 1 aliphatic heterocycles. The molecule has 1 aliphatic rings. The molecule has 1 saturated heterocycles. The molecule has 7 heteroatoms. The van der Waals surface area contributed by atoms with Crippen molar-refractivity contribution in [2.24, 2.45) is 0 Å². The summed E-state index contributed by atoms with van der Waals surface area (Å²) in [6, 6.07) is 3.88. The van der Waals surface area contributed by atoms with Crippen LogP contribution >= 0.6 is 11.6 Å². The van der Waals surface area contributed by atoms with Crippen molar-refractivity contribution in [1.82, 2.24) is 5.32 Å². The predicted molar refractivity (Wildman–Crippen MR) is 79.0 cm³/mol. The summed E-state index contributed by atoms with van der Waals surface area (Å²) in [5.74, 6) is -1.11. The van der Waals surface area contributed by atoms with Gasteiger partial charge in [-0.05, 0) is 38.0 Å². The van der Waals surface area contributed by atoms with Gasteiger partial charge in [0.1, 0.15) is 0 Å². The van der Waals surface area contributed by atoms with E-state index in [1.165, 1.54) is 18.2 Å². The van der Waals surface area contributed by atoms with Gasteiger partial charge in [-0.25, -0.2) is 9.59 Å². The van der Waals surface area contributed by atoms with Crippen LogP contribution in [0.25, 0.3) is 0 Å². The van der Waals surface area contributed by atoms with Crippen molar-refractivity contribution in [2.45, 2.75) is 25.3 Å². The second kappa shape index (κ2) is 6.32. The lowest BCUT2D eigenvalue weighted by Gasteiger charge is -2.34. The first-order valence-electron chi connectivity index (χ1n) is 6.59. The fourth-order valence-electron chi connectivity index (χ4n) is 2.24. The quantitative estimate of drug-likeness (QED) is 0.800. The van der Waals surface area contributed by atoms with Crippen molar-refractivity contribution in [3.05, 3.63) is 28.8 Å². The Bertz CT molecular complexity index is 556. The number of amides is 2. The van der Waals surface area contributed by atoms with Gasteiger partial charge in [0.25, 0.3) is 0 Å². The maximum Gasteiger partial charge on any atom is 0.337 e. The third-order valence-electron chi connectivity index (χ3n) is 3.31. The molecule has 1 heterocycles. The van der Waals surface area contributed by atoms with Crippen LogP contribution in [0.1, 0.15) is 30.1 Å². The summed E-state index contributed by atoms with van der Waals surface area (Å²) >= 11 is 5.85. The molecule has 114 valence electrons. The highest BCUT2D eigenvalue weighted by molar-refractivity contribution is 6.33. The van der Waals surface area contributed by atoms with Crippen LogP contribution in [0.5, 0.6) is 0 Å². The Morgan fingerprint density at radius 1 is 1.43 bits per heavy atom. The van der Waals surface area contributed by atoms with E-state index in [2.05, 4.69) is 10.6 Å². The zero-order valence-corrected chi connectivity index (χ0v) is 12.4. The molecule has 1 aromatic rings. The predicted octanol–water partition coefficient (Wildman–Crippen LogP) is 2.73. The number of nitrogens with one attached hydrogen (secondary N) is 2. The van der Waals surface area contributed by atoms with Gasteiger partial charge in [0, 0.05) is 12.3 Å². The van der Waals surface area contributed by atoms with Crippen molar-refractivity contribution < 1.29 is 19.4 Å². The molecule has 0 spiro atoms. The largest absolute Gasteiger partial charge is 0.478 e. The zero-order chi connectivity index (χ0) is 15.5. The number of rotatable bonds is 3. The third-order valence-corrected chi connectivity index (χ3v) is 3.62. The van der Waals surface area contributed by atoms with Crippen LogP contribution in [-0.2, 0) is 4.74 Å². The summed E-state index contributed by atoms with van der Waals surface area (Å²) in [6.45, 7) is 3.11. The van der Waals surface area contributed by atoms with Crippen LogP contribution in [0.4, 0.5) is 10.5 Å². The van der Waals surface area contributed by atoms with Gasteiger partial charge in [-0.1, -0.05) is 11.6 Å². The Kier molecular flexibility index (Phi) is 4.69. The highest BCUT2D eigenvalue weighted by Gasteiger charge is 2.29. The van der Waals surface area contributed by atoms with Gasteiger partial charge >= 0.3 is 12.0 Å². The summed E-state index contributed by atoms with van der Waals surface area (Å²) in [7, 11) is 0. The fourth-order valence-corrected chi connectivity index (χ4v) is 2.50. The van der Waals surface area contributed by atoms with Crippen LogP contribution in [0, 0.1) is 0 Å². The van der Waals surface area contributed by atoms with E-state index in [4.69, 9.17) is 21.4 Å². The SMILES string of the molecule is CC1(NC(=O)Nc2ccc(C(=O)O)c(Cl)c2)CCCOC1. The van der Waals surface area contributed by atoms with E-state index < -0.39 is 11.5 Å². The molecule has 0 saturated carbocycles. The van der Waals surface area contributed by atoms with E-state index in [9.17, 15) is 9.59 Å². The first-order valence-corrected chi connectivity index (χ1v) is 6.97. The summed E-state index contributed by atoms with van der Waals surface area (Å²) in [5.41, 5.74) is 0.0331. The van der Waals surface area contributed by atoms with E-state index >= 15 is 0 Å². The number of hydrogen-bond donors (Lipinski definition) is 3. The number of carbonyl (C=O) groups is 2. The number of aromatic carboxylic acids is 1. The lowest BCUT2D eigenvalue weighted by Crippen LogP contribution is -2.52. The molecule has 1 atom stereocenters. The van der Waals surface area contributed by atoms with Gasteiger partial charge in [-0.3, -0.25) is 0 Å². The zero-order valence-electron chi connectivity index (χ0n) is 11.6. The number of hydrogen-bond acceptors (Lipinski definition) is 3. The Morgan fingerprint density at radius 3 is 2.76 bits per heavy atom. The van der Waals surface area contributed by atoms with E-state index in [1.807, 2.05) is 6.92 Å². The number of halogens is 1. The maximum absolute atomic E-state index is 12.0.